The van der Waals surface area contributed by atoms with E-state index in [-0.39, 0.29) is 106 Å². The minimum Gasteiger partial charge on any atom is -0.477 e. The molecular formula is C96H134N16O26SY. The summed E-state index contributed by atoms with van der Waals surface area (Å²) in [6, 6.07) is 20.7. The number of rotatable bonds is 45. The molecule has 22 atom stereocenters. The summed E-state index contributed by atoms with van der Waals surface area (Å²) in [6.45, 7) is 15.7. The third-order valence-electron chi connectivity index (χ3n) is 26.1. The normalized spacial score (nSPS) is 22.1. The zero-order chi connectivity index (χ0) is 102. The maximum absolute atomic E-state index is 15.0. The minimum absolute atomic E-state index is 0. The molecule has 0 saturated carbocycles. The van der Waals surface area contributed by atoms with E-state index < -0.39 is 237 Å². The first-order chi connectivity index (χ1) is 66.0. The molecule has 44 heteroatoms. The predicted molar refractivity (Wildman–Crippen MR) is 505 cm³/mol. The topological polar surface area (TPSA) is 589 Å². The van der Waals surface area contributed by atoms with Crippen molar-refractivity contribution in [3.05, 3.63) is 136 Å². The van der Waals surface area contributed by atoms with Crippen molar-refractivity contribution in [3.8, 4) is 22.5 Å². The Balaban J connectivity index is 0.0000219. The molecule has 763 valence electrons. The van der Waals surface area contributed by atoms with Crippen molar-refractivity contribution in [2.24, 2.45) is 35.3 Å². The summed E-state index contributed by atoms with van der Waals surface area (Å²) in [6.07, 6.45) is -17.6. The molecule has 0 aliphatic carbocycles. The number of aliphatic hydroxyl groups excluding tert-OH is 7. The number of likely N-dealkylation sites (N-methyl/N-ethyl adjacent to an activating group) is 2. The van der Waals surface area contributed by atoms with Gasteiger partial charge < -0.3 is 127 Å². The van der Waals surface area contributed by atoms with Gasteiger partial charge in [-0.25, -0.2) is 24.0 Å². The third kappa shape index (κ3) is 28.3. The van der Waals surface area contributed by atoms with E-state index in [0.717, 1.165) is 22.4 Å². The fourth-order valence-corrected chi connectivity index (χ4v) is 19.0. The maximum Gasteiger partial charge on any atom is 0.410 e. The van der Waals surface area contributed by atoms with Crippen molar-refractivity contribution < 1.29 is 160 Å². The monoisotopic (exact) mass is 2050 g/mol. The Hall–Kier alpha value is -10.5. The molecule has 6 heterocycles. The zero-order valence-electron chi connectivity index (χ0n) is 81.2. The number of carboxylic acids is 1. The van der Waals surface area contributed by atoms with Gasteiger partial charge in [-0.1, -0.05) is 159 Å². The van der Waals surface area contributed by atoms with E-state index in [9.17, 15) is 93.6 Å². The smallest absolute Gasteiger partial charge is 0.410 e. The van der Waals surface area contributed by atoms with Crippen molar-refractivity contribution in [1.29, 1.82) is 0 Å². The Labute approximate surface area is 841 Å². The number of primary amides is 1. The second-order valence-corrected chi connectivity index (χ2v) is 37.9. The molecule has 4 aromatic carbocycles. The number of aliphatic hydroxyl groups is 7. The first-order valence-electron chi connectivity index (χ1n) is 46.8. The molecule has 10 rings (SSSR count). The van der Waals surface area contributed by atoms with Gasteiger partial charge in [-0.3, -0.25) is 48.1 Å². The number of hydrogen-bond donors (Lipinski definition) is 16. The quantitative estimate of drug-likeness (QED) is 0.0244. The standard InChI is InChI=1S/C96H134N16O26S.Y/c1-15-53(8)78(68(133-13)44-72(118)110-41-24-32-65(110)84(134-14)54(9)86(123)103-63(90-98-40-42-139-90)43-56-25-17-16-18-26-56)108(11)91(127)74(51(4)5)105-89(126)77(52(6)7)109(12)95(132)135-48-57-33-35-59(36-34-57)101-87(124)62(30-23-39-99-94(97)131)102-88(125)73(50(2)3)104-70(116)37-38-71(117)111-46-58-27-19-20-28-60(58)79-75(61-29-21-22-31-64(61)111)106-107-112(79)47-67(115)80(119)85-76(100-55(10)113)66(114)45-96(138-85,93(129)130)136-49-69-81(120)82(121)83(122)92(128)137-69;/h16-22,25-29,31,33-36,40,42,50-54,62-63,65-69,73-74,76-78,80-85,92,114-115,119-122,128H,15,23-24,30,32,37-39,41,43-49H2,1-14H3,(H,100,113)(H,101,124)(H,102,125)(H,103,123)(H,104,116)(H,105,126)(H,129,130)(H3,97,99,131);. The number of fused-ring (bicyclic) bond motifs is 5. The van der Waals surface area contributed by atoms with Gasteiger partial charge in [0.05, 0.1) is 85.9 Å². The molecule has 42 nitrogen and oxygen atoms in total. The van der Waals surface area contributed by atoms with Crippen molar-refractivity contribution in [2.75, 3.05) is 58.2 Å². The van der Waals surface area contributed by atoms with Crippen LogP contribution < -0.4 is 47.9 Å². The molecule has 140 heavy (non-hydrogen) atoms. The second kappa shape index (κ2) is 52.0. The number of hydrogen-bond acceptors (Lipinski definition) is 29. The van der Waals surface area contributed by atoms with Crippen molar-refractivity contribution in [1.82, 2.24) is 66.6 Å². The Bertz CT molecular complexity index is 5180. The van der Waals surface area contributed by atoms with E-state index in [0.29, 0.717) is 60.2 Å². The maximum atomic E-state index is 15.0. The number of ether oxygens (including phenoxy) is 6. The van der Waals surface area contributed by atoms with Gasteiger partial charge >= 0.3 is 18.1 Å². The number of likely N-dealkylation sites (tertiary alicyclic amines) is 1. The number of nitrogens with two attached hydrogens (primary N) is 1. The first kappa shape index (κ1) is 113. The number of thiazole rings is 1. The van der Waals surface area contributed by atoms with E-state index in [2.05, 4.69) is 52.5 Å². The molecule has 12 amide bonds. The van der Waals surface area contributed by atoms with Crippen LogP contribution in [0.3, 0.4) is 0 Å². The van der Waals surface area contributed by atoms with E-state index in [4.69, 9.17) is 34.2 Å². The third-order valence-corrected chi connectivity index (χ3v) is 27.0. The van der Waals surface area contributed by atoms with Crippen LogP contribution >= 0.6 is 11.3 Å². The number of benzene rings is 4. The number of anilines is 2. The molecule has 3 saturated heterocycles. The summed E-state index contributed by atoms with van der Waals surface area (Å²) in [5.41, 5.74) is 9.13. The largest absolute Gasteiger partial charge is 0.477 e. The number of para-hydroxylation sites is 1. The van der Waals surface area contributed by atoms with Crippen LogP contribution in [0.4, 0.5) is 21.0 Å². The van der Waals surface area contributed by atoms with Gasteiger partial charge in [0.1, 0.15) is 84.2 Å². The molecule has 4 aliphatic rings. The average molecular weight is 2050 g/mol. The predicted octanol–water partition coefficient (Wildman–Crippen LogP) is 3.13. The van der Waals surface area contributed by atoms with Crippen LogP contribution in [0.1, 0.15) is 155 Å². The number of amides is 12. The molecule has 6 aromatic rings. The van der Waals surface area contributed by atoms with Gasteiger partial charge in [0, 0.05) is 129 Å². The van der Waals surface area contributed by atoms with Gasteiger partial charge in [-0.15, -0.1) is 16.4 Å². The number of carboxylic acid groups (broad SMARTS) is 1. The van der Waals surface area contributed by atoms with Crippen LogP contribution in [0.5, 0.6) is 0 Å². The molecular weight excluding hydrogens is 1910 g/mol. The van der Waals surface area contributed by atoms with Crippen LogP contribution in [0, 0.1) is 29.6 Å². The second-order valence-electron chi connectivity index (χ2n) is 36.9. The Morgan fingerprint density at radius 1 is 0.729 bits per heavy atom. The summed E-state index contributed by atoms with van der Waals surface area (Å²) in [5, 5.41) is 118. The number of carbonyl (C=O) groups excluding carboxylic acids is 11. The fraction of sp³-hybridized carbons (Fsp3) is 0.573. The summed E-state index contributed by atoms with van der Waals surface area (Å²) in [4.78, 5) is 178. The van der Waals surface area contributed by atoms with Crippen LogP contribution in [-0.4, -0.2) is 310 Å². The minimum atomic E-state index is -2.90. The molecule has 22 unspecified atom stereocenters. The fourth-order valence-electron chi connectivity index (χ4n) is 18.3. The van der Waals surface area contributed by atoms with Crippen LogP contribution in [0.15, 0.2) is 115 Å². The number of aliphatic carboxylic acids is 1. The number of aromatic nitrogens is 4. The molecule has 3 fully saturated rings. The van der Waals surface area contributed by atoms with E-state index in [1.165, 1.54) is 47.2 Å². The van der Waals surface area contributed by atoms with E-state index >= 15 is 4.79 Å². The number of nitrogens with zero attached hydrogens (tertiary/aromatic N) is 8. The number of urea groups is 1. The van der Waals surface area contributed by atoms with Gasteiger partial charge in [0.25, 0.3) is 5.79 Å². The summed E-state index contributed by atoms with van der Waals surface area (Å²) in [7, 11) is 6.08. The summed E-state index contributed by atoms with van der Waals surface area (Å²) >= 11 is 1.45. The van der Waals surface area contributed by atoms with E-state index in [1.807, 2.05) is 49.6 Å². The molecule has 4 aliphatic heterocycles. The Morgan fingerprint density at radius 2 is 1.40 bits per heavy atom. The van der Waals surface area contributed by atoms with Gasteiger partial charge in [0.2, 0.25) is 53.2 Å². The average Bonchev–Trinajstić information content (AvgIpc) is 1.70. The SMILES string of the molecule is CCC(C)C(C(CC(=O)N1CCCC1C(OC)C(C)C(=O)NC(Cc1ccccc1)c1nccs1)OC)N(C)C(=O)C(NC(=O)C(C(C)C)N(C)C(=O)OCc1ccc(NC(=O)C(CCCNC(N)=O)NC(=O)C(NC(=O)CCC(=O)N2Cc3ccccc3-c3c(nnn3CC(O)C(O)C3OC(OCC4OC(O)C(O)C(O)C4O)(C(=O)O)CC(O)C3NC(C)=O)-c3ccccc32)C(C)C)cc1)C(C)C.[Y]. The van der Waals surface area contributed by atoms with Crippen molar-refractivity contribution in [3.63, 3.8) is 0 Å². The Kier molecular flexibility index (Phi) is 42.0. The molecule has 0 spiro atoms. The van der Waals surface area contributed by atoms with Crippen molar-refractivity contribution >= 4 is 94.0 Å². The van der Waals surface area contributed by atoms with Crippen molar-refractivity contribution in [2.45, 2.75) is 275 Å². The van der Waals surface area contributed by atoms with E-state index in [1.54, 1.807) is 139 Å². The number of methoxy groups -OCH3 is 2. The molecule has 17 N–H and O–H groups in total. The molecule has 2 aromatic heterocycles. The van der Waals surface area contributed by atoms with Gasteiger partial charge in [0.15, 0.2) is 6.29 Å². The molecule has 0 bridgehead atoms. The Morgan fingerprint density at radius 3 is 2.03 bits per heavy atom. The number of carbonyl (C=O) groups is 12. The van der Waals surface area contributed by atoms with Crippen LogP contribution in [0.25, 0.3) is 22.5 Å². The van der Waals surface area contributed by atoms with Gasteiger partial charge in [-0.2, -0.15) is 0 Å². The molecule has 1 radical (unpaired) electrons. The summed E-state index contributed by atoms with van der Waals surface area (Å²) in [5.74, 6) is -12.2. The summed E-state index contributed by atoms with van der Waals surface area (Å²) < 4.78 is 36.0. The van der Waals surface area contributed by atoms with Gasteiger partial charge in [-0.05, 0) is 90.7 Å². The zero-order valence-corrected chi connectivity index (χ0v) is 84.9. The first-order valence-corrected chi connectivity index (χ1v) is 47.7. The van der Waals surface area contributed by atoms with Crippen LogP contribution in [-0.2, 0) is 135 Å². The number of nitrogens with one attached hydrogen (secondary N) is 7. The van der Waals surface area contributed by atoms with Crippen LogP contribution in [0.2, 0.25) is 0 Å².